The van der Waals surface area contributed by atoms with Crippen LogP contribution in [0.4, 0.5) is 0 Å². The summed E-state index contributed by atoms with van der Waals surface area (Å²) in [6, 6.07) is 0.747. The molecule has 1 aromatic carbocycles. The minimum Gasteiger partial charge on any atom is -0.496 e. The van der Waals surface area contributed by atoms with Crippen LogP contribution in [0.25, 0.3) is 11.0 Å². The molecule has 0 aliphatic carbocycles. The zero-order valence-electron chi connectivity index (χ0n) is 18.8. The molecule has 8 heteroatoms. The minimum atomic E-state index is -1.12. The van der Waals surface area contributed by atoms with Crippen molar-refractivity contribution in [2.45, 2.75) is 65.5 Å². The van der Waals surface area contributed by atoms with Gasteiger partial charge >= 0.3 is 11.6 Å². The highest BCUT2D eigenvalue weighted by molar-refractivity contribution is 5.93. The molecule has 2 N–H and O–H groups in total. The quantitative estimate of drug-likeness (QED) is 0.676. The van der Waals surface area contributed by atoms with Gasteiger partial charge in [-0.15, -0.1) is 0 Å². The minimum absolute atomic E-state index is 0.174. The van der Waals surface area contributed by atoms with Crippen LogP contribution < -0.4 is 20.4 Å². The fraction of sp³-hybridized carbons (Fsp3) is 0.522. The SMILES string of the molecule is COc1cc2c(c3oc(=O)c(CC(=O)N[C@H](C(=O)O)C(C)C)c(C)c13)CCC(C)(C)O2. The second kappa shape index (κ2) is 8.24. The number of carbonyl (C=O) groups excluding carboxylic acids is 1. The number of benzene rings is 1. The van der Waals surface area contributed by atoms with E-state index in [0.29, 0.717) is 34.5 Å². The first-order valence-electron chi connectivity index (χ1n) is 10.3. The monoisotopic (exact) mass is 431 g/mol. The van der Waals surface area contributed by atoms with Gasteiger partial charge in [0.1, 0.15) is 28.7 Å². The zero-order valence-corrected chi connectivity index (χ0v) is 18.8. The lowest BCUT2D eigenvalue weighted by molar-refractivity contribution is -0.143. The van der Waals surface area contributed by atoms with Crippen LogP contribution in [0.15, 0.2) is 15.3 Å². The fourth-order valence-corrected chi connectivity index (χ4v) is 3.95. The summed E-state index contributed by atoms with van der Waals surface area (Å²) in [5.74, 6) is -0.874. The first kappa shape index (κ1) is 22.7. The molecule has 0 saturated heterocycles. The van der Waals surface area contributed by atoms with Crippen molar-refractivity contribution in [1.29, 1.82) is 0 Å². The Balaban J connectivity index is 2.06. The van der Waals surface area contributed by atoms with E-state index >= 15 is 0 Å². The molecule has 1 atom stereocenters. The molecule has 0 bridgehead atoms. The van der Waals surface area contributed by atoms with E-state index in [2.05, 4.69) is 5.32 Å². The molecule has 168 valence electrons. The summed E-state index contributed by atoms with van der Waals surface area (Å²) in [5.41, 5.74) is 0.988. The molecule has 0 unspecified atom stereocenters. The van der Waals surface area contributed by atoms with Crippen LogP contribution in [-0.4, -0.2) is 35.7 Å². The van der Waals surface area contributed by atoms with E-state index in [9.17, 15) is 19.5 Å². The average Bonchev–Trinajstić information content (AvgIpc) is 2.66. The van der Waals surface area contributed by atoms with Crippen molar-refractivity contribution in [3.63, 3.8) is 0 Å². The van der Waals surface area contributed by atoms with Gasteiger partial charge in [-0.3, -0.25) is 4.79 Å². The molecule has 1 amide bonds. The Kier molecular flexibility index (Phi) is 6.02. The number of nitrogens with one attached hydrogen (secondary N) is 1. The molecule has 2 aromatic rings. The van der Waals surface area contributed by atoms with Gasteiger partial charge in [0.15, 0.2) is 0 Å². The van der Waals surface area contributed by atoms with E-state index in [1.165, 1.54) is 7.11 Å². The van der Waals surface area contributed by atoms with Gasteiger partial charge < -0.3 is 24.3 Å². The lowest BCUT2D eigenvalue weighted by atomic mass is 9.91. The van der Waals surface area contributed by atoms with Crippen molar-refractivity contribution in [2.24, 2.45) is 5.92 Å². The Morgan fingerprint density at radius 2 is 2.00 bits per heavy atom. The maximum atomic E-state index is 12.8. The number of fused-ring (bicyclic) bond motifs is 3. The van der Waals surface area contributed by atoms with Crippen LogP contribution in [0, 0.1) is 12.8 Å². The van der Waals surface area contributed by atoms with Crippen molar-refractivity contribution >= 4 is 22.8 Å². The number of hydrogen-bond donors (Lipinski definition) is 2. The number of rotatable bonds is 6. The van der Waals surface area contributed by atoms with E-state index in [4.69, 9.17) is 13.9 Å². The van der Waals surface area contributed by atoms with Crippen molar-refractivity contribution < 1.29 is 28.6 Å². The normalized spacial score (nSPS) is 15.8. The molecule has 0 saturated carbocycles. The summed E-state index contributed by atoms with van der Waals surface area (Å²) in [4.78, 5) is 36.7. The molecular formula is C23H29NO7. The number of carboxylic acids is 1. The molecule has 8 nitrogen and oxygen atoms in total. The third-order valence-corrected chi connectivity index (χ3v) is 5.75. The molecule has 3 rings (SSSR count). The average molecular weight is 431 g/mol. The van der Waals surface area contributed by atoms with Gasteiger partial charge in [0.2, 0.25) is 5.91 Å². The van der Waals surface area contributed by atoms with Crippen molar-refractivity contribution in [3.05, 3.63) is 33.2 Å². The van der Waals surface area contributed by atoms with Gasteiger partial charge in [0, 0.05) is 11.6 Å². The van der Waals surface area contributed by atoms with Gasteiger partial charge in [0.25, 0.3) is 0 Å². The van der Waals surface area contributed by atoms with Crippen LogP contribution in [0.2, 0.25) is 0 Å². The second-order valence-corrected chi connectivity index (χ2v) is 8.92. The highest BCUT2D eigenvalue weighted by Gasteiger charge is 2.31. The second-order valence-electron chi connectivity index (χ2n) is 8.92. The first-order valence-corrected chi connectivity index (χ1v) is 10.3. The molecule has 2 heterocycles. The number of carboxylic acid groups (broad SMARTS) is 1. The van der Waals surface area contributed by atoms with E-state index in [1.807, 2.05) is 13.8 Å². The third kappa shape index (κ3) is 4.38. The Morgan fingerprint density at radius 1 is 1.32 bits per heavy atom. The molecule has 0 spiro atoms. The predicted molar refractivity (Wildman–Crippen MR) is 115 cm³/mol. The Bertz CT molecular complexity index is 1100. The van der Waals surface area contributed by atoms with E-state index in [-0.39, 0.29) is 23.5 Å². The molecule has 31 heavy (non-hydrogen) atoms. The number of methoxy groups -OCH3 is 1. The van der Waals surface area contributed by atoms with Crippen molar-refractivity contribution in [1.82, 2.24) is 5.32 Å². The zero-order chi connectivity index (χ0) is 23.1. The van der Waals surface area contributed by atoms with Gasteiger partial charge in [-0.2, -0.15) is 0 Å². The van der Waals surface area contributed by atoms with Crippen LogP contribution >= 0.6 is 0 Å². The third-order valence-electron chi connectivity index (χ3n) is 5.75. The fourth-order valence-electron chi connectivity index (χ4n) is 3.95. The van der Waals surface area contributed by atoms with E-state index in [0.717, 1.165) is 12.0 Å². The Morgan fingerprint density at radius 3 is 2.58 bits per heavy atom. The molecule has 1 aromatic heterocycles. The number of ether oxygens (including phenoxy) is 2. The standard InChI is InChI=1S/C23H29NO7/c1-11(2)19(21(26)27)24-17(25)9-14-12(3)18-16(29-6)10-15-13(20(18)30-22(14)28)7-8-23(4,5)31-15/h10-11,19H,7-9H2,1-6H3,(H,24,25)(H,26,27)/t19-/m0/s1. The number of aryl methyl sites for hydroxylation is 2. The summed E-state index contributed by atoms with van der Waals surface area (Å²) in [6.07, 6.45) is 1.16. The largest absolute Gasteiger partial charge is 0.496 e. The highest BCUT2D eigenvalue weighted by Crippen LogP contribution is 2.43. The number of aliphatic carboxylic acids is 1. The van der Waals surface area contributed by atoms with Crippen LogP contribution in [0.1, 0.15) is 50.8 Å². The lowest BCUT2D eigenvalue weighted by Gasteiger charge is -2.33. The summed E-state index contributed by atoms with van der Waals surface area (Å²) in [5, 5.41) is 12.4. The van der Waals surface area contributed by atoms with Gasteiger partial charge in [-0.25, -0.2) is 9.59 Å². The predicted octanol–water partition coefficient (Wildman–Crippen LogP) is 2.98. The Labute approximate surface area is 180 Å². The van der Waals surface area contributed by atoms with E-state index < -0.39 is 23.5 Å². The number of hydrogen-bond acceptors (Lipinski definition) is 6. The van der Waals surface area contributed by atoms with Crippen LogP contribution in [0.5, 0.6) is 11.5 Å². The molecule has 1 aliphatic rings. The van der Waals surface area contributed by atoms with Gasteiger partial charge in [-0.1, -0.05) is 13.8 Å². The van der Waals surface area contributed by atoms with Crippen molar-refractivity contribution in [2.75, 3.05) is 7.11 Å². The smallest absolute Gasteiger partial charge is 0.340 e. The highest BCUT2D eigenvalue weighted by atomic mass is 16.5. The first-order chi connectivity index (χ1) is 14.4. The summed E-state index contributed by atoms with van der Waals surface area (Å²) in [7, 11) is 1.52. The van der Waals surface area contributed by atoms with Crippen LogP contribution in [-0.2, 0) is 22.4 Å². The van der Waals surface area contributed by atoms with Gasteiger partial charge in [0.05, 0.1) is 24.5 Å². The topological polar surface area (TPSA) is 115 Å². The van der Waals surface area contributed by atoms with E-state index in [1.54, 1.807) is 26.8 Å². The Hall–Kier alpha value is -3.03. The lowest BCUT2D eigenvalue weighted by Crippen LogP contribution is -2.45. The summed E-state index contributed by atoms with van der Waals surface area (Å²) >= 11 is 0. The molecule has 0 radical (unpaired) electrons. The number of carbonyl (C=O) groups is 2. The maximum absolute atomic E-state index is 12.8. The maximum Gasteiger partial charge on any atom is 0.340 e. The summed E-state index contributed by atoms with van der Waals surface area (Å²) in [6.45, 7) is 9.13. The van der Waals surface area contributed by atoms with Crippen LogP contribution in [0.3, 0.4) is 0 Å². The summed E-state index contributed by atoms with van der Waals surface area (Å²) < 4.78 is 17.3. The number of amides is 1. The molecule has 1 aliphatic heterocycles. The molecule has 0 fully saturated rings. The van der Waals surface area contributed by atoms with Gasteiger partial charge in [-0.05, 0) is 45.1 Å². The molecular weight excluding hydrogens is 402 g/mol. The van der Waals surface area contributed by atoms with Crippen molar-refractivity contribution in [3.8, 4) is 11.5 Å².